The van der Waals surface area contributed by atoms with E-state index >= 15 is 0 Å². The maximum absolute atomic E-state index is 12.8. The number of carbonyl (C=O) groups is 1. The summed E-state index contributed by atoms with van der Waals surface area (Å²) >= 11 is 1.76. The molecule has 0 unspecified atom stereocenters. The van der Waals surface area contributed by atoms with Gasteiger partial charge in [-0.3, -0.25) is 9.69 Å². The van der Waals surface area contributed by atoms with E-state index in [9.17, 15) is 4.79 Å². The second-order valence-corrected chi connectivity index (χ2v) is 7.72. The highest BCUT2D eigenvalue weighted by molar-refractivity contribution is 7.98. The lowest BCUT2D eigenvalue weighted by Crippen LogP contribution is -2.48. The van der Waals surface area contributed by atoms with Gasteiger partial charge < -0.3 is 9.47 Å². The molecule has 1 saturated heterocycles. The molecule has 0 radical (unpaired) electrons. The summed E-state index contributed by atoms with van der Waals surface area (Å²) in [5.74, 6) is 0.0408. The highest BCUT2D eigenvalue weighted by Crippen LogP contribution is 2.17. The molecule has 140 valence electrons. The first kappa shape index (κ1) is 18.0. The first-order valence-corrected chi connectivity index (χ1v) is 10.3. The minimum absolute atomic E-state index is 0.0408. The van der Waals surface area contributed by atoms with Gasteiger partial charge in [0.1, 0.15) is 5.52 Å². The van der Waals surface area contributed by atoms with Gasteiger partial charge in [0.25, 0.3) is 5.91 Å². The molecule has 27 heavy (non-hydrogen) atoms. The average Bonchev–Trinajstić information content (AvgIpc) is 3.09. The molecule has 0 saturated carbocycles. The number of carbonyl (C=O) groups excluding carboxylic acids is 1. The molecule has 7 heteroatoms. The van der Waals surface area contributed by atoms with Crippen molar-refractivity contribution in [3.05, 3.63) is 54.0 Å². The Morgan fingerprint density at radius 3 is 2.56 bits per heavy atom. The SMILES string of the molecule is CSc1ccc(CN2CCN(C(=O)c3cnc4c(c3)ncn4C)CC2)cc1. The number of hydrogen-bond acceptors (Lipinski definition) is 5. The Labute approximate surface area is 163 Å². The van der Waals surface area contributed by atoms with Crippen LogP contribution in [0.25, 0.3) is 11.2 Å². The second kappa shape index (κ2) is 7.70. The number of benzene rings is 1. The van der Waals surface area contributed by atoms with Crippen molar-refractivity contribution < 1.29 is 4.79 Å². The highest BCUT2D eigenvalue weighted by Gasteiger charge is 2.23. The maximum atomic E-state index is 12.8. The van der Waals surface area contributed by atoms with Crippen LogP contribution >= 0.6 is 11.8 Å². The number of hydrogen-bond donors (Lipinski definition) is 0. The molecule has 1 fully saturated rings. The summed E-state index contributed by atoms with van der Waals surface area (Å²) < 4.78 is 1.86. The molecular formula is C20H23N5OS. The van der Waals surface area contributed by atoms with Crippen LogP contribution in [0.1, 0.15) is 15.9 Å². The van der Waals surface area contributed by atoms with Crippen LogP contribution in [0.15, 0.2) is 47.8 Å². The fourth-order valence-electron chi connectivity index (χ4n) is 3.41. The van der Waals surface area contributed by atoms with Crippen LogP contribution in [-0.4, -0.2) is 62.7 Å². The third-order valence-corrected chi connectivity index (χ3v) is 5.77. The molecule has 4 rings (SSSR count). The standard InChI is InChI=1S/C20H23N5OS/c1-23-14-22-18-11-16(12-21-19(18)23)20(26)25-9-7-24(8-10-25)13-15-3-5-17(27-2)6-4-15/h3-6,11-12,14H,7-10,13H2,1-2H3. The summed E-state index contributed by atoms with van der Waals surface area (Å²) in [7, 11) is 1.90. The third-order valence-electron chi connectivity index (χ3n) is 5.02. The zero-order chi connectivity index (χ0) is 18.8. The Hall–Kier alpha value is -2.38. The molecule has 2 aromatic heterocycles. The van der Waals surface area contributed by atoms with Gasteiger partial charge in [0.2, 0.25) is 0 Å². The Balaban J connectivity index is 1.36. The Morgan fingerprint density at radius 2 is 1.85 bits per heavy atom. The van der Waals surface area contributed by atoms with Crippen LogP contribution in [0.3, 0.4) is 0 Å². The van der Waals surface area contributed by atoms with E-state index in [0.29, 0.717) is 5.56 Å². The smallest absolute Gasteiger partial charge is 0.255 e. The average molecular weight is 382 g/mol. The van der Waals surface area contributed by atoms with Crippen molar-refractivity contribution in [1.82, 2.24) is 24.3 Å². The van der Waals surface area contributed by atoms with Crippen LogP contribution in [-0.2, 0) is 13.6 Å². The van der Waals surface area contributed by atoms with Gasteiger partial charge >= 0.3 is 0 Å². The molecule has 3 aromatic rings. The number of imidazole rings is 1. The lowest BCUT2D eigenvalue weighted by Gasteiger charge is -2.34. The molecule has 1 amide bonds. The van der Waals surface area contributed by atoms with Crippen LogP contribution in [0, 0.1) is 0 Å². The van der Waals surface area contributed by atoms with E-state index in [0.717, 1.165) is 43.9 Å². The van der Waals surface area contributed by atoms with Crippen molar-refractivity contribution in [2.45, 2.75) is 11.4 Å². The number of rotatable bonds is 4. The van der Waals surface area contributed by atoms with E-state index in [1.54, 1.807) is 24.3 Å². The van der Waals surface area contributed by atoms with E-state index in [2.05, 4.69) is 45.4 Å². The number of thioether (sulfide) groups is 1. The van der Waals surface area contributed by atoms with Crippen molar-refractivity contribution in [2.24, 2.45) is 7.05 Å². The number of amides is 1. The summed E-state index contributed by atoms with van der Waals surface area (Å²) in [6, 6.07) is 10.6. The van der Waals surface area contributed by atoms with Gasteiger partial charge in [0.15, 0.2) is 5.65 Å². The fourth-order valence-corrected chi connectivity index (χ4v) is 3.82. The number of aryl methyl sites for hydroxylation is 1. The summed E-state index contributed by atoms with van der Waals surface area (Å²) in [4.78, 5) is 27.1. The van der Waals surface area contributed by atoms with Crippen molar-refractivity contribution in [3.8, 4) is 0 Å². The van der Waals surface area contributed by atoms with E-state index in [1.807, 2.05) is 22.6 Å². The summed E-state index contributed by atoms with van der Waals surface area (Å²) in [6.07, 6.45) is 5.47. The van der Waals surface area contributed by atoms with Crippen LogP contribution in [0.5, 0.6) is 0 Å². The molecular weight excluding hydrogens is 358 g/mol. The largest absolute Gasteiger partial charge is 0.336 e. The zero-order valence-corrected chi connectivity index (χ0v) is 16.4. The maximum Gasteiger partial charge on any atom is 0.255 e. The van der Waals surface area contributed by atoms with E-state index in [1.165, 1.54) is 10.5 Å². The van der Waals surface area contributed by atoms with E-state index in [4.69, 9.17) is 0 Å². The molecule has 0 bridgehead atoms. The molecule has 1 aromatic carbocycles. The minimum Gasteiger partial charge on any atom is -0.336 e. The Kier molecular flexibility index (Phi) is 5.13. The molecule has 1 aliphatic rings. The molecule has 0 N–H and O–H groups in total. The van der Waals surface area contributed by atoms with Crippen molar-refractivity contribution >= 4 is 28.8 Å². The van der Waals surface area contributed by atoms with E-state index in [-0.39, 0.29) is 5.91 Å². The molecule has 0 spiro atoms. The topological polar surface area (TPSA) is 54.3 Å². The van der Waals surface area contributed by atoms with Gasteiger partial charge in [0, 0.05) is 50.9 Å². The van der Waals surface area contributed by atoms with Crippen LogP contribution < -0.4 is 0 Å². The van der Waals surface area contributed by atoms with Crippen molar-refractivity contribution in [3.63, 3.8) is 0 Å². The van der Waals surface area contributed by atoms with Gasteiger partial charge in [0.05, 0.1) is 11.9 Å². The van der Waals surface area contributed by atoms with Gasteiger partial charge in [-0.25, -0.2) is 9.97 Å². The minimum atomic E-state index is 0.0408. The quantitative estimate of drug-likeness (QED) is 0.651. The highest BCUT2D eigenvalue weighted by atomic mass is 32.2. The molecule has 1 aliphatic heterocycles. The molecule has 0 aliphatic carbocycles. The third kappa shape index (κ3) is 3.84. The first-order chi connectivity index (χ1) is 13.1. The fraction of sp³-hybridized carbons (Fsp3) is 0.350. The lowest BCUT2D eigenvalue weighted by atomic mass is 10.2. The Morgan fingerprint density at radius 1 is 1.11 bits per heavy atom. The summed E-state index contributed by atoms with van der Waals surface area (Å²) in [5.41, 5.74) is 3.49. The van der Waals surface area contributed by atoms with Gasteiger partial charge in [-0.1, -0.05) is 12.1 Å². The predicted molar refractivity (Wildman–Crippen MR) is 108 cm³/mol. The van der Waals surface area contributed by atoms with Crippen LogP contribution in [0.2, 0.25) is 0 Å². The summed E-state index contributed by atoms with van der Waals surface area (Å²) in [5, 5.41) is 0. The zero-order valence-electron chi connectivity index (χ0n) is 15.6. The molecule has 3 heterocycles. The lowest BCUT2D eigenvalue weighted by molar-refractivity contribution is 0.0628. The number of piperazine rings is 1. The van der Waals surface area contributed by atoms with Crippen molar-refractivity contribution in [1.29, 1.82) is 0 Å². The van der Waals surface area contributed by atoms with Gasteiger partial charge in [-0.2, -0.15) is 0 Å². The molecule has 6 nitrogen and oxygen atoms in total. The number of nitrogens with zero attached hydrogens (tertiary/aromatic N) is 5. The number of aromatic nitrogens is 3. The first-order valence-electron chi connectivity index (χ1n) is 9.05. The van der Waals surface area contributed by atoms with Gasteiger partial charge in [-0.15, -0.1) is 11.8 Å². The number of pyridine rings is 1. The van der Waals surface area contributed by atoms with E-state index < -0.39 is 0 Å². The second-order valence-electron chi connectivity index (χ2n) is 6.84. The van der Waals surface area contributed by atoms with Crippen molar-refractivity contribution in [2.75, 3.05) is 32.4 Å². The normalized spacial score (nSPS) is 15.4. The van der Waals surface area contributed by atoms with Gasteiger partial charge in [-0.05, 0) is 30.0 Å². The molecule has 0 atom stereocenters. The predicted octanol–water partition coefficient (Wildman–Crippen LogP) is 2.65. The van der Waals surface area contributed by atoms with Crippen LogP contribution in [0.4, 0.5) is 0 Å². The monoisotopic (exact) mass is 381 g/mol. The summed E-state index contributed by atoms with van der Waals surface area (Å²) in [6.45, 7) is 4.17. The number of fused-ring (bicyclic) bond motifs is 1. The Bertz CT molecular complexity index is 945.